The Balaban J connectivity index is 2.17. The zero-order valence-corrected chi connectivity index (χ0v) is 12.5. The molecule has 0 fully saturated rings. The number of hydrogen-bond acceptors (Lipinski definition) is 0. The van der Waals surface area contributed by atoms with E-state index in [2.05, 4.69) is 84.4 Å². The van der Waals surface area contributed by atoms with E-state index >= 15 is 0 Å². The maximum absolute atomic E-state index is 2.25. The first-order valence-corrected chi connectivity index (χ1v) is 7.26. The van der Waals surface area contributed by atoms with Gasteiger partial charge in [0.2, 0.25) is 0 Å². The van der Waals surface area contributed by atoms with Crippen molar-refractivity contribution in [1.82, 2.24) is 4.57 Å². The summed E-state index contributed by atoms with van der Waals surface area (Å²) in [5.41, 5.74) is 4.96. The molecule has 1 heterocycles. The second kappa shape index (κ2) is 5.84. The van der Waals surface area contributed by atoms with Crippen molar-refractivity contribution in [2.45, 2.75) is 13.8 Å². The number of aryl methyl sites for hydroxylation is 1. The molecule has 1 heteroatoms. The van der Waals surface area contributed by atoms with E-state index in [9.17, 15) is 0 Å². The minimum absolute atomic E-state index is 1.20. The summed E-state index contributed by atoms with van der Waals surface area (Å²) in [6.07, 6.45) is 10.5. The molecule has 0 spiro atoms. The lowest BCUT2D eigenvalue weighted by atomic mass is 10.1. The van der Waals surface area contributed by atoms with Gasteiger partial charge in [-0.1, -0.05) is 60.2 Å². The van der Waals surface area contributed by atoms with Gasteiger partial charge in [-0.2, -0.15) is 0 Å². The van der Waals surface area contributed by atoms with E-state index in [-0.39, 0.29) is 0 Å². The second-order valence-electron chi connectivity index (χ2n) is 5.19. The number of nitrogens with zero attached hydrogens (tertiary/aromatic N) is 1. The Morgan fingerprint density at radius 2 is 1.67 bits per heavy atom. The zero-order valence-electron chi connectivity index (χ0n) is 12.5. The number of aromatic nitrogens is 1. The van der Waals surface area contributed by atoms with Crippen LogP contribution < -0.4 is 0 Å². The van der Waals surface area contributed by atoms with Crippen molar-refractivity contribution in [2.75, 3.05) is 0 Å². The van der Waals surface area contributed by atoms with Gasteiger partial charge in [-0.3, -0.25) is 0 Å². The van der Waals surface area contributed by atoms with Crippen molar-refractivity contribution in [1.29, 1.82) is 0 Å². The molecule has 1 nitrogen and oxygen atoms in total. The van der Waals surface area contributed by atoms with E-state index in [4.69, 9.17) is 0 Å². The number of rotatable bonds is 3. The van der Waals surface area contributed by atoms with Gasteiger partial charge in [0, 0.05) is 22.8 Å². The molecule has 0 amide bonds. The fourth-order valence-electron chi connectivity index (χ4n) is 2.53. The van der Waals surface area contributed by atoms with Gasteiger partial charge in [0.1, 0.15) is 0 Å². The molecule has 21 heavy (non-hydrogen) atoms. The molecule has 104 valence electrons. The Hall–Kier alpha value is -2.54. The van der Waals surface area contributed by atoms with Crippen LogP contribution in [0, 0.1) is 6.92 Å². The van der Waals surface area contributed by atoms with Crippen molar-refractivity contribution in [3.8, 4) is 5.69 Å². The van der Waals surface area contributed by atoms with Gasteiger partial charge in [-0.25, -0.2) is 0 Å². The van der Waals surface area contributed by atoms with Gasteiger partial charge in [0.05, 0.1) is 5.52 Å². The zero-order chi connectivity index (χ0) is 14.7. The molecule has 0 radical (unpaired) electrons. The first-order valence-electron chi connectivity index (χ1n) is 7.26. The third-order valence-electron chi connectivity index (χ3n) is 3.63. The number of hydrogen-bond donors (Lipinski definition) is 0. The van der Waals surface area contributed by atoms with E-state index in [1.807, 2.05) is 13.0 Å². The Labute approximate surface area is 125 Å². The minimum atomic E-state index is 1.20. The van der Waals surface area contributed by atoms with Gasteiger partial charge in [-0.15, -0.1) is 0 Å². The molecule has 0 saturated heterocycles. The minimum Gasteiger partial charge on any atom is -0.316 e. The number of benzene rings is 2. The Morgan fingerprint density at radius 3 is 2.43 bits per heavy atom. The van der Waals surface area contributed by atoms with Crippen LogP contribution in [-0.2, 0) is 0 Å². The quantitative estimate of drug-likeness (QED) is 0.553. The van der Waals surface area contributed by atoms with E-state index in [0.717, 1.165) is 0 Å². The van der Waals surface area contributed by atoms with Crippen LogP contribution in [0.4, 0.5) is 0 Å². The summed E-state index contributed by atoms with van der Waals surface area (Å²) in [6.45, 7) is 4.14. The molecule has 0 aliphatic heterocycles. The van der Waals surface area contributed by atoms with E-state index in [0.29, 0.717) is 0 Å². The van der Waals surface area contributed by atoms with Crippen LogP contribution in [0.5, 0.6) is 0 Å². The molecule has 0 unspecified atom stereocenters. The lowest BCUT2D eigenvalue weighted by Gasteiger charge is -2.05. The normalized spacial score (nSPS) is 11.9. The molecular weight excluding hydrogens is 254 g/mol. The third-order valence-corrected chi connectivity index (χ3v) is 3.63. The largest absolute Gasteiger partial charge is 0.316 e. The molecule has 0 aliphatic carbocycles. The van der Waals surface area contributed by atoms with Crippen LogP contribution in [-0.4, -0.2) is 4.57 Å². The first-order chi connectivity index (χ1) is 10.3. The van der Waals surface area contributed by atoms with Crippen molar-refractivity contribution >= 4 is 17.0 Å². The number of allylic oxidation sites excluding steroid dienone is 3. The first kappa shape index (κ1) is 13.4. The average molecular weight is 273 g/mol. The van der Waals surface area contributed by atoms with Gasteiger partial charge < -0.3 is 4.57 Å². The van der Waals surface area contributed by atoms with E-state index in [1.54, 1.807) is 0 Å². The molecule has 0 atom stereocenters. The Kier molecular flexibility index (Phi) is 3.74. The van der Waals surface area contributed by atoms with Crippen molar-refractivity contribution in [3.05, 3.63) is 84.1 Å². The van der Waals surface area contributed by atoms with Crippen LogP contribution in [0.3, 0.4) is 0 Å². The van der Waals surface area contributed by atoms with Gasteiger partial charge in [0.15, 0.2) is 0 Å². The standard InChI is InChI=1S/C20H19N/c1-3-4-5-8-17-15-21(18-13-11-16(2)12-14-18)20-10-7-6-9-19(17)20/h3-15H,1-2H3/b4-3+,8-5+. The van der Waals surface area contributed by atoms with Gasteiger partial charge >= 0.3 is 0 Å². The summed E-state index contributed by atoms with van der Waals surface area (Å²) in [6, 6.07) is 17.2. The van der Waals surface area contributed by atoms with Crippen molar-refractivity contribution in [3.63, 3.8) is 0 Å². The van der Waals surface area contributed by atoms with Gasteiger partial charge in [-0.05, 0) is 32.0 Å². The van der Waals surface area contributed by atoms with Crippen LogP contribution in [0.2, 0.25) is 0 Å². The maximum atomic E-state index is 2.25. The summed E-state index contributed by atoms with van der Waals surface area (Å²) in [5.74, 6) is 0. The highest BCUT2D eigenvalue weighted by Crippen LogP contribution is 2.26. The summed E-state index contributed by atoms with van der Waals surface area (Å²) < 4.78 is 2.25. The molecule has 0 saturated carbocycles. The van der Waals surface area contributed by atoms with Crippen LogP contribution >= 0.6 is 0 Å². The fourth-order valence-corrected chi connectivity index (χ4v) is 2.53. The van der Waals surface area contributed by atoms with Crippen molar-refractivity contribution < 1.29 is 0 Å². The topological polar surface area (TPSA) is 4.93 Å². The Morgan fingerprint density at radius 1 is 0.905 bits per heavy atom. The fraction of sp³-hybridized carbons (Fsp3) is 0.100. The van der Waals surface area contributed by atoms with Crippen LogP contribution in [0.1, 0.15) is 18.1 Å². The molecule has 3 rings (SSSR count). The predicted molar refractivity (Wildman–Crippen MR) is 91.9 cm³/mol. The number of fused-ring (bicyclic) bond motifs is 1. The van der Waals surface area contributed by atoms with Crippen LogP contribution in [0.15, 0.2) is 73.0 Å². The molecule has 0 aliphatic rings. The highest BCUT2D eigenvalue weighted by molar-refractivity contribution is 5.91. The Bertz CT molecular complexity index is 801. The lowest BCUT2D eigenvalue weighted by molar-refractivity contribution is 1.12. The average Bonchev–Trinajstić information content (AvgIpc) is 2.88. The molecular formula is C20H19N. The maximum Gasteiger partial charge on any atom is 0.0534 e. The summed E-state index contributed by atoms with van der Waals surface area (Å²) in [4.78, 5) is 0. The monoisotopic (exact) mass is 273 g/mol. The third kappa shape index (κ3) is 2.68. The second-order valence-corrected chi connectivity index (χ2v) is 5.19. The smallest absolute Gasteiger partial charge is 0.0534 e. The SMILES string of the molecule is C/C=C/C=C/c1cn(-c2ccc(C)cc2)c2ccccc12. The highest BCUT2D eigenvalue weighted by Gasteiger charge is 2.07. The molecule has 3 aromatic rings. The summed E-state index contributed by atoms with van der Waals surface area (Å²) in [7, 11) is 0. The van der Waals surface area contributed by atoms with Gasteiger partial charge in [0.25, 0.3) is 0 Å². The molecule has 1 aromatic heterocycles. The van der Waals surface area contributed by atoms with E-state index < -0.39 is 0 Å². The number of para-hydroxylation sites is 1. The van der Waals surface area contributed by atoms with Crippen molar-refractivity contribution in [2.24, 2.45) is 0 Å². The predicted octanol–water partition coefficient (Wildman–Crippen LogP) is 5.53. The molecule has 2 aromatic carbocycles. The highest BCUT2D eigenvalue weighted by atomic mass is 15.0. The summed E-state index contributed by atoms with van der Waals surface area (Å²) >= 11 is 0. The van der Waals surface area contributed by atoms with E-state index in [1.165, 1.54) is 27.7 Å². The lowest BCUT2D eigenvalue weighted by Crippen LogP contribution is -1.91. The van der Waals surface area contributed by atoms with Crippen LogP contribution in [0.25, 0.3) is 22.7 Å². The molecule has 0 N–H and O–H groups in total. The summed E-state index contributed by atoms with van der Waals surface area (Å²) in [5, 5.41) is 1.28. The molecule has 0 bridgehead atoms.